The van der Waals surface area contributed by atoms with Crippen LogP contribution in [0.25, 0.3) is 0 Å². The Kier molecular flexibility index (Phi) is 3.31. The summed E-state index contributed by atoms with van der Waals surface area (Å²) >= 11 is 0. The van der Waals surface area contributed by atoms with Gasteiger partial charge in [0.1, 0.15) is 0 Å². The number of amides is 1. The number of carbonyl (C=O) groups is 1. The van der Waals surface area contributed by atoms with Crippen LogP contribution in [0.4, 0.5) is 0 Å². The minimum atomic E-state index is -0.0180. The summed E-state index contributed by atoms with van der Waals surface area (Å²) in [6, 6.07) is 1.76. The topological polar surface area (TPSA) is 55.6 Å². The molecule has 0 aromatic carbocycles. The Balaban J connectivity index is 1.64. The number of rotatable bonds is 3. The van der Waals surface area contributed by atoms with Crippen LogP contribution in [-0.2, 0) is 11.2 Å². The van der Waals surface area contributed by atoms with Gasteiger partial charge in [0, 0.05) is 26.3 Å². The lowest BCUT2D eigenvalue weighted by atomic mass is 10.0. The van der Waals surface area contributed by atoms with E-state index < -0.39 is 0 Å². The fourth-order valence-electron chi connectivity index (χ4n) is 3.34. The van der Waals surface area contributed by atoms with Crippen molar-refractivity contribution in [1.29, 1.82) is 0 Å². The average molecular weight is 264 g/mol. The maximum Gasteiger partial charge on any atom is 0.292 e. The van der Waals surface area contributed by atoms with Gasteiger partial charge in [-0.25, -0.2) is 0 Å². The molecule has 1 saturated carbocycles. The summed E-state index contributed by atoms with van der Waals surface area (Å²) in [5.41, 5.74) is 0.835. The summed E-state index contributed by atoms with van der Waals surface area (Å²) < 4.78 is 10.5. The number of aromatic nitrogens is 1. The number of likely N-dealkylation sites (tertiary alicyclic amines) is 1. The molecule has 0 bridgehead atoms. The first-order valence-corrected chi connectivity index (χ1v) is 6.99. The van der Waals surface area contributed by atoms with E-state index in [1.54, 1.807) is 13.2 Å². The summed E-state index contributed by atoms with van der Waals surface area (Å²) in [6.07, 6.45) is 3.31. The molecule has 2 fully saturated rings. The van der Waals surface area contributed by atoms with E-state index in [1.807, 2.05) is 11.8 Å². The lowest BCUT2D eigenvalue weighted by molar-refractivity contribution is 0.0695. The molecule has 5 heteroatoms. The van der Waals surface area contributed by atoms with Gasteiger partial charge in [0.05, 0.1) is 11.8 Å². The second-order valence-electron chi connectivity index (χ2n) is 5.60. The van der Waals surface area contributed by atoms with Crippen LogP contribution in [0, 0.1) is 11.8 Å². The zero-order chi connectivity index (χ0) is 13.4. The fraction of sp³-hybridized carbons (Fsp3) is 0.714. The number of hydrogen-bond acceptors (Lipinski definition) is 4. The quantitative estimate of drug-likeness (QED) is 0.834. The van der Waals surface area contributed by atoms with Crippen LogP contribution in [0.1, 0.15) is 36.0 Å². The van der Waals surface area contributed by atoms with Crippen LogP contribution in [0.3, 0.4) is 0 Å². The summed E-state index contributed by atoms with van der Waals surface area (Å²) in [4.78, 5) is 14.2. The van der Waals surface area contributed by atoms with Crippen molar-refractivity contribution >= 4 is 5.91 Å². The van der Waals surface area contributed by atoms with Crippen molar-refractivity contribution in [2.75, 3.05) is 20.2 Å². The van der Waals surface area contributed by atoms with Crippen molar-refractivity contribution in [2.45, 2.75) is 32.3 Å². The summed E-state index contributed by atoms with van der Waals surface area (Å²) in [6.45, 7) is 3.65. The van der Waals surface area contributed by atoms with Crippen LogP contribution in [0.15, 0.2) is 10.6 Å². The van der Waals surface area contributed by atoms with Gasteiger partial charge in [-0.05, 0) is 31.1 Å². The van der Waals surface area contributed by atoms with Gasteiger partial charge in [-0.3, -0.25) is 4.79 Å². The first-order valence-electron chi connectivity index (χ1n) is 6.99. The zero-order valence-electron chi connectivity index (χ0n) is 11.5. The molecule has 1 aromatic heterocycles. The third-order valence-electron chi connectivity index (χ3n) is 4.46. The van der Waals surface area contributed by atoms with E-state index in [0.29, 0.717) is 23.7 Å². The SMILES string of the molecule is CCc1cc(C(=O)N2C[C@H]3CC(OC)C[C@H]3C2)on1. The molecule has 0 N–H and O–H groups in total. The van der Waals surface area contributed by atoms with Gasteiger partial charge in [0.25, 0.3) is 5.91 Å². The molecule has 3 rings (SSSR count). The van der Waals surface area contributed by atoms with Crippen LogP contribution in [-0.4, -0.2) is 42.3 Å². The molecular formula is C14H20N2O3. The molecule has 2 heterocycles. The molecule has 1 unspecified atom stereocenters. The molecule has 1 amide bonds. The highest BCUT2D eigenvalue weighted by atomic mass is 16.5. The molecule has 5 nitrogen and oxygen atoms in total. The molecule has 1 aliphatic carbocycles. The Morgan fingerprint density at radius 1 is 1.47 bits per heavy atom. The molecule has 3 atom stereocenters. The van der Waals surface area contributed by atoms with E-state index in [4.69, 9.17) is 9.26 Å². The van der Waals surface area contributed by atoms with Crippen molar-refractivity contribution in [3.05, 3.63) is 17.5 Å². The van der Waals surface area contributed by atoms with Crippen molar-refractivity contribution in [3.63, 3.8) is 0 Å². The number of ether oxygens (including phenoxy) is 1. The van der Waals surface area contributed by atoms with E-state index >= 15 is 0 Å². The summed E-state index contributed by atoms with van der Waals surface area (Å²) in [7, 11) is 1.77. The first kappa shape index (κ1) is 12.7. The highest BCUT2D eigenvalue weighted by Crippen LogP contribution is 2.39. The van der Waals surface area contributed by atoms with Crippen LogP contribution < -0.4 is 0 Å². The largest absolute Gasteiger partial charge is 0.381 e. The predicted octanol–water partition coefficient (Wildman–Crippen LogP) is 1.73. The number of nitrogens with zero attached hydrogens (tertiary/aromatic N) is 2. The third kappa shape index (κ3) is 2.27. The number of aryl methyl sites for hydroxylation is 1. The lowest BCUT2D eigenvalue weighted by Crippen LogP contribution is -2.30. The Morgan fingerprint density at radius 2 is 2.16 bits per heavy atom. The number of fused-ring (bicyclic) bond motifs is 1. The van der Waals surface area contributed by atoms with Crippen LogP contribution >= 0.6 is 0 Å². The second-order valence-corrected chi connectivity index (χ2v) is 5.60. The van der Waals surface area contributed by atoms with Gasteiger partial charge in [-0.1, -0.05) is 12.1 Å². The fourth-order valence-corrected chi connectivity index (χ4v) is 3.34. The number of carbonyl (C=O) groups excluding carboxylic acids is 1. The van der Waals surface area contributed by atoms with E-state index in [-0.39, 0.29) is 5.91 Å². The summed E-state index contributed by atoms with van der Waals surface area (Å²) in [5, 5.41) is 3.88. The van der Waals surface area contributed by atoms with Crippen LogP contribution in [0.5, 0.6) is 0 Å². The van der Waals surface area contributed by atoms with Gasteiger partial charge >= 0.3 is 0 Å². The third-order valence-corrected chi connectivity index (χ3v) is 4.46. The Morgan fingerprint density at radius 3 is 2.68 bits per heavy atom. The highest BCUT2D eigenvalue weighted by Gasteiger charge is 2.43. The van der Waals surface area contributed by atoms with Crippen molar-refractivity contribution in [3.8, 4) is 0 Å². The van der Waals surface area contributed by atoms with Gasteiger partial charge in [-0.15, -0.1) is 0 Å². The summed E-state index contributed by atoms with van der Waals surface area (Å²) in [5.74, 6) is 1.53. The minimum absolute atomic E-state index is 0.0180. The van der Waals surface area contributed by atoms with E-state index in [0.717, 1.165) is 38.0 Å². The molecule has 104 valence electrons. The minimum Gasteiger partial charge on any atom is -0.381 e. The van der Waals surface area contributed by atoms with Crippen molar-refractivity contribution < 1.29 is 14.1 Å². The Hall–Kier alpha value is -1.36. The zero-order valence-corrected chi connectivity index (χ0v) is 11.5. The molecular weight excluding hydrogens is 244 g/mol. The molecule has 1 aliphatic heterocycles. The lowest BCUT2D eigenvalue weighted by Gasteiger charge is -2.17. The monoisotopic (exact) mass is 264 g/mol. The second kappa shape index (κ2) is 4.96. The van der Waals surface area contributed by atoms with Crippen molar-refractivity contribution in [2.24, 2.45) is 11.8 Å². The smallest absolute Gasteiger partial charge is 0.292 e. The molecule has 19 heavy (non-hydrogen) atoms. The molecule has 1 aromatic rings. The predicted molar refractivity (Wildman–Crippen MR) is 68.8 cm³/mol. The highest BCUT2D eigenvalue weighted by molar-refractivity contribution is 5.91. The first-order chi connectivity index (χ1) is 9.21. The molecule has 1 saturated heterocycles. The Bertz CT molecular complexity index is 457. The maximum atomic E-state index is 12.3. The van der Waals surface area contributed by atoms with E-state index in [2.05, 4.69) is 5.16 Å². The number of methoxy groups -OCH3 is 1. The van der Waals surface area contributed by atoms with E-state index in [1.165, 1.54) is 0 Å². The molecule has 0 radical (unpaired) electrons. The van der Waals surface area contributed by atoms with Gasteiger partial charge < -0.3 is 14.2 Å². The molecule has 0 spiro atoms. The maximum absolute atomic E-state index is 12.3. The van der Waals surface area contributed by atoms with Gasteiger partial charge in [-0.2, -0.15) is 0 Å². The van der Waals surface area contributed by atoms with Crippen molar-refractivity contribution in [1.82, 2.24) is 10.1 Å². The van der Waals surface area contributed by atoms with E-state index in [9.17, 15) is 4.79 Å². The Labute approximate surface area is 112 Å². The van der Waals surface area contributed by atoms with Gasteiger partial charge in [0.2, 0.25) is 5.76 Å². The number of hydrogen-bond donors (Lipinski definition) is 0. The van der Waals surface area contributed by atoms with Gasteiger partial charge in [0.15, 0.2) is 0 Å². The normalized spacial score (nSPS) is 29.8. The molecule has 2 aliphatic rings. The standard InChI is InChI=1S/C14H20N2O3/c1-3-11-6-13(19-15-11)14(17)16-7-9-4-12(18-2)5-10(9)8-16/h6,9-10,12H,3-5,7-8H2,1-2H3/t9-,10+,12?. The van der Waals surface area contributed by atoms with Crippen LogP contribution in [0.2, 0.25) is 0 Å². The average Bonchev–Trinajstić information content (AvgIpc) is 3.10.